The first kappa shape index (κ1) is 16.3. The minimum atomic E-state index is -1.31. The van der Waals surface area contributed by atoms with Crippen molar-refractivity contribution >= 4 is 0 Å². The van der Waals surface area contributed by atoms with Crippen LogP contribution in [0.2, 0.25) is 0 Å². The highest BCUT2D eigenvalue weighted by Crippen LogP contribution is 2.37. The van der Waals surface area contributed by atoms with Gasteiger partial charge in [0, 0.05) is 12.2 Å². The summed E-state index contributed by atoms with van der Waals surface area (Å²) < 4.78 is 0. The summed E-state index contributed by atoms with van der Waals surface area (Å²) in [6.07, 6.45) is 5.95. The van der Waals surface area contributed by atoms with Crippen LogP contribution in [0.15, 0.2) is 48.2 Å². The highest BCUT2D eigenvalue weighted by atomic mass is 16.3. The molecule has 1 aromatic carbocycles. The second kappa shape index (κ2) is 5.96. The van der Waals surface area contributed by atoms with Crippen molar-refractivity contribution in [1.82, 2.24) is 4.90 Å². The van der Waals surface area contributed by atoms with E-state index in [0.29, 0.717) is 5.56 Å². The van der Waals surface area contributed by atoms with Gasteiger partial charge in [0.1, 0.15) is 12.2 Å². The lowest BCUT2D eigenvalue weighted by Gasteiger charge is -2.46. The zero-order valence-electron chi connectivity index (χ0n) is 13.2. The van der Waals surface area contributed by atoms with E-state index in [4.69, 9.17) is 5.26 Å². The van der Waals surface area contributed by atoms with Crippen molar-refractivity contribution in [3.8, 4) is 6.07 Å². The maximum atomic E-state index is 11.2. The van der Waals surface area contributed by atoms with Crippen LogP contribution in [-0.2, 0) is 10.6 Å². The topological polar surface area (TPSA) is 67.2 Å². The van der Waals surface area contributed by atoms with Gasteiger partial charge in [-0.25, -0.2) is 5.11 Å². The summed E-state index contributed by atoms with van der Waals surface area (Å²) in [5.74, 6) is 0. The Morgan fingerprint density at radius 3 is 2.82 bits per heavy atom. The summed E-state index contributed by atoms with van der Waals surface area (Å²) in [6.45, 7) is 5.21. The summed E-state index contributed by atoms with van der Waals surface area (Å²) in [4.78, 5) is 2.02. The van der Waals surface area contributed by atoms with Crippen LogP contribution < -0.4 is 0 Å². The molecule has 1 radical (unpaired) electrons. The van der Waals surface area contributed by atoms with Crippen LogP contribution >= 0.6 is 0 Å². The average Bonchev–Trinajstić information content (AvgIpc) is 2.51. The Morgan fingerprint density at radius 2 is 2.18 bits per heavy atom. The van der Waals surface area contributed by atoms with Crippen molar-refractivity contribution in [2.75, 3.05) is 13.2 Å². The van der Waals surface area contributed by atoms with E-state index in [-0.39, 0.29) is 6.54 Å². The van der Waals surface area contributed by atoms with Crippen molar-refractivity contribution in [3.05, 3.63) is 59.3 Å². The van der Waals surface area contributed by atoms with E-state index in [9.17, 15) is 10.2 Å². The lowest BCUT2D eigenvalue weighted by Crippen LogP contribution is -2.51. The van der Waals surface area contributed by atoms with Gasteiger partial charge < -0.3 is 10.0 Å². The van der Waals surface area contributed by atoms with E-state index in [1.165, 1.54) is 0 Å². The number of aliphatic hydroxyl groups is 1. The molecule has 115 valence electrons. The van der Waals surface area contributed by atoms with E-state index >= 15 is 0 Å². The molecular weight excluding hydrogens is 276 g/mol. The molecule has 0 saturated heterocycles. The number of benzene rings is 1. The molecular formula is C18H21N2O2. The smallest absolute Gasteiger partial charge is 0.112 e. The van der Waals surface area contributed by atoms with Crippen molar-refractivity contribution in [1.29, 1.82) is 5.26 Å². The molecule has 1 heterocycles. The van der Waals surface area contributed by atoms with Gasteiger partial charge in [0.15, 0.2) is 0 Å². The number of nitrogens with zero attached hydrogens (tertiary/aromatic N) is 2. The molecule has 1 aliphatic rings. The van der Waals surface area contributed by atoms with Crippen molar-refractivity contribution in [3.63, 3.8) is 0 Å². The van der Waals surface area contributed by atoms with Crippen LogP contribution in [0.4, 0.5) is 0 Å². The van der Waals surface area contributed by atoms with Gasteiger partial charge in [0.05, 0.1) is 17.2 Å². The van der Waals surface area contributed by atoms with Gasteiger partial charge >= 0.3 is 0 Å². The van der Waals surface area contributed by atoms with Crippen molar-refractivity contribution < 1.29 is 10.2 Å². The quantitative estimate of drug-likeness (QED) is 0.929. The number of hydrogen-bond acceptors (Lipinski definition) is 3. The van der Waals surface area contributed by atoms with Gasteiger partial charge in [-0.3, -0.25) is 0 Å². The molecule has 4 nitrogen and oxygen atoms in total. The number of hydrogen-bond donors (Lipinski definition) is 1. The zero-order valence-corrected chi connectivity index (χ0v) is 13.2. The number of β-amino-alcohol motifs (C(OH)–C–C–N with tert-alkyl or cyclic N) is 1. The van der Waals surface area contributed by atoms with Crippen LogP contribution in [0.3, 0.4) is 0 Å². The molecule has 2 rings (SSSR count). The van der Waals surface area contributed by atoms with Crippen molar-refractivity contribution in [2.45, 2.75) is 31.9 Å². The molecule has 2 atom stereocenters. The molecule has 4 heteroatoms. The van der Waals surface area contributed by atoms with Crippen LogP contribution in [0.25, 0.3) is 0 Å². The summed E-state index contributed by atoms with van der Waals surface area (Å²) in [5, 5.41) is 30.6. The van der Waals surface area contributed by atoms with E-state index in [2.05, 4.69) is 6.07 Å². The van der Waals surface area contributed by atoms with Gasteiger partial charge in [0.2, 0.25) is 0 Å². The molecule has 1 N–H and O–H groups in total. The normalized spacial score (nSPS) is 23.6. The SMILES string of the molecule is CC1=CC=CC(C)(c2cccc(C#N)c2)N1CC(C)(O)C[O]. The molecule has 22 heavy (non-hydrogen) atoms. The third-order valence-electron chi connectivity index (χ3n) is 4.13. The highest BCUT2D eigenvalue weighted by molar-refractivity contribution is 5.41. The van der Waals surface area contributed by atoms with Gasteiger partial charge in [-0.1, -0.05) is 24.3 Å². The Kier molecular flexibility index (Phi) is 4.41. The number of nitriles is 1. The second-order valence-electron chi connectivity index (χ2n) is 6.23. The largest absolute Gasteiger partial charge is 0.386 e. The molecule has 1 aliphatic heterocycles. The Labute approximate surface area is 131 Å². The fourth-order valence-corrected chi connectivity index (χ4v) is 2.75. The molecule has 2 unspecified atom stereocenters. The Morgan fingerprint density at radius 1 is 1.45 bits per heavy atom. The lowest BCUT2D eigenvalue weighted by molar-refractivity contribution is -0.0541. The van der Waals surface area contributed by atoms with E-state index in [0.717, 1.165) is 11.3 Å². The molecule has 0 aliphatic carbocycles. The summed E-state index contributed by atoms with van der Waals surface area (Å²) in [5.41, 5.74) is 0.701. The van der Waals surface area contributed by atoms with E-state index in [1.807, 2.05) is 55.2 Å². The predicted molar refractivity (Wildman–Crippen MR) is 84.3 cm³/mol. The fraction of sp³-hybridized carbons (Fsp3) is 0.389. The Balaban J connectivity index is 2.47. The monoisotopic (exact) mass is 297 g/mol. The maximum absolute atomic E-state index is 11.2. The summed E-state index contributed by atoms with van der Waals surface area (Å²) in [7, 11) is 0. The van der Waals surface area contributed by atoms with E-state index in [1.54, 1.807) is 13.0 Å². The van der Waals surface area contributed by atoms with Gasteiger partial charge in [0.25, 0.3) is 0 Å². The highest BCUT2D eigenvalue weighted by Gasteiger charge is 2.37. The summed E-state index contributed by atoms with van der Waals surface area (Å²) >= 11 is 0. The van der Waals surface area contributed by atoms with Crippen molar-refractivity contribution in [2.24, 2.45) is 0 Å². The van der Waals surface area contributed by atoms with Crippen LogP contribution in [0.5, 0.6) is 0 Å². The predicted octanol–water partition coefficient (Wildman–Crippen LogP) is 2.73. The average molecular weight is 297 g/mol. The molecule has 1 aromatic rings. The van der Waals surface area contributed by atoms with Crippen LogP contribution in [0.1, 0.15) is 31.9 Å². The van der Waals surface area contributed by atoms with Gasteiger partial charge in [-0.15, -0.1) is 0 Å². The Bertz CT molecular complexity index is 655. The molecule has 0 aromatic heterocycles. The molecule has 0 bridgehead atoms. The Hall–Kier alpha value is -2.09. The third-order valence-corrected chi connectivity index (χ3v) is 4.13. The third kappa shape index (κ3) is 3.06. The van der Waals surface area contributed by atoms with Crippen LogP contribution in [-0.4, -0.2) is 28.8 Å². The fourth-order valence-electron chi connectivity index (χ4n) is 2.75. The first-order valence-corrected chi connectivity index (χ1v) is 7.27. The zero-order chi connectivity index (χ0) is 16.4. The first-order chi connectivity index (χ1) is 10.3. The second-order valence-corrected chi connectivity index (χ2v) is 6.23. The lowest BCUT2D eigenvalue weighted by atomic mass is 9.85. The standard InChI is InChI=1S/C18H21N2O2/c1-14-6-5-9-18(3,20(14)12-17(2,22)13-21)16-8-4-7-15(10-16)11-19/h4-10,22H,12-13H2,1-3H3. The minimum absolute atomic E-state index is 0.233. The minimum Gasteiger partial charge on any atom is -0.386 e. The molecule has 0 spiro atoms. The van der Waals surface area contributed by atoms with Gasteiger partial charge in [-0.05, 0) is 44.5 Å². The molecule has 0 amide bonds. The maximum Gasteiger partial charge on any atom is 0.112 e. The molecule has 0 fully saturated rings. The summed E-state index contributed by atoms with van der Waals surface area (Å²) in [6, 6.07) is 9.58. The number of allylic oxidation sites excluding steroid dienone is 3. The molecule has 0 saturated carbocycles. The van der Waals surface area contributed by atoms with Gasteiger partial charge in [-0.2, -0.15) is 5.26 Å². The number of rotatable bonds is 4. The first-order valence-electron chi connectivity index (χ1n) is 7.27. The van der Waals surface area contributed by atoms with E-state index < -0.39 is 17.7 Å². The van der Waals surface area contributed by atoms with Crippen LogP contribution in [0, 0.1) is 11.3 Å².